The van der Waals surface area contributed by atoms with Crippen molar-refractivity contribution in [2.24, 2.45) is 5.10 Å². The Kier molecular flexibility index (Phi) is 7.01. The van der Waals surface area contributed by atoms with Gasteiger partial charge in [-0.15, -0.1) is 0 Å². The number of esters is 1. The number of nitrogens with one attached hydrogen (secondary N) is 1. The Morgan fingerprint density at radius 1 is 0.903 bits per heavy atom. The molecule has 0 fully saturated rings. The fourth-order valence-corrected chi connectivity index (χ4v) is 2.80. The van der Waals surface area contributed by atoms with E-state index in [1.165, 1.54) is 20.4 Å². The van der Waals surface area contributed by atoms with E-state index in [2.05, 4.69) is 10.5 Å². The van der Waals surface area contributed by atoms with Gasteiger partial charge in [0.15, 0.2) is 11.5 Å². The second kappa shape index (κ2) is 10.1. The van der Waals surface area contributed by atoms with E-state index in [4.69, 9.17) is 14.2 Å². The van der Waals surface area contributed by atoms with Crippen molar-refractivity contribution in [3.8, 4) is 17.2 Å². The van der Waals surface area contributed by atoms with Crippen molar-refractivity contribution < 1.29 is 23.8 Å². The second-order valence-corrected chi connectivity index (χ2v) is 6.54. The molecule has 0 spiro atoms. The highest BCUT2D eigenvalue weighted by atomic mass is 16.5. The van der Waals surface area contributed by atoms with E-state index in [1.54, 1.807) is 54.6 Å². The summed E-state index contributed by atoms with van der Waals surface area (Å²) in [6.07, 6.45) is 1.51. The minimum Gasteiger partial charge on any atom is -0.493 e. The van der Waals surface area contributed by atoms with Gasteiger partial charge in [0, 0.05) is 5.56 Å². The zero-order valence-corrected chi connectivity index (χ0v) is 17.4. The first kappa shape index (κ1) is 21.6. The molecule has 0 saturated carbocycles. The van der Waals surface area contributed by atoms with Crippen LogP contribution in [0.3, 0.4) is 0 Å². The van der Waals surface area contributed by atoms with Crippen LogP contribution in [-0.2, 0) is 0 Å². The third-order valence-electron chi connectivity index (χ3n) is 4.48. The molecule has 1 amide bonds. The molecule has 158 valence electrons. The molecule has 7 heteroatoms. The highest BCUT2D eigenvalue weighted by Gasteiger charge is 2.13. The Labute approximate surface area is 180 Å². The number of ether oxygens (including phenoxy) is 3. The van der Waals surface area contributed by atoms with Gasteiger partial charge in [0.2, 0.25) is 0 Å². The van der Waals surface area contributed by atoms with Crippen molar-refractivity contribution >= 4 is 18.1 Å². The molecule has 0 unspecified atom stereocenters. The molecule has 3 rings (SSSR count). The molecule has 0 heterocycles. The SMILES string of the molecule is COc1ccc(C(=O)Oc2ccc(C=NNC(=O)c3ccccc3C)cc2)cc1OC. The molecule has 3 aromatic carbocycles. The third kappa shape index (κ3) is 5.48. The van der Waals surface area contributed by atoms with Crippen LogP contribution in [0.2, 0.25) is 0 Å². The molecule has 0 aliphatic carbocycles. The zero-order valence-electron chi connectivity index (χ0n) is 17.4. The van der Waals surface area contributed by atoms with Crippen molar-refractivity contribution in [3.05, 3.63) is 89.0 Å². The monoisotopic (exact) mass is 418 g/mol. The highest BCUT2D eigenvalue weighted by molar-refractivity contribution is 5.96. The van der Waals surface area contributed by atoms with Gasteiger partial charge in [0.05, 0.1) is 26.0 Å². The number of nitrogens with zero attached hydrogens (tertiary/aromatic N) is 1. The van der Waals surface area contributed by atoms with Crippen LogP contribution in [0.15, 0.2) is 71.8 Å². The minimum absolute atomic E-state index is 0.283. The number of benzene rings is 3. The Hall–Kier alpha value is -4.13. The summed E-state index contributed by atoms with van der Waals surface area (Å²) in [7, 11) is 3.02. The van der Waals surface area contributed by atoms with Crippen molar-refractivity contribution in [2.75, 3.05) is 14.2 Å². The van der Waals surface area contributed by atoms with Gasteiger partial charge in [0.1, 0.15) is 5.75 Å². The first-order valence-electron chi connectivity index (χ1n) is 9.45. The number of carbonyl (C=O) groups is 2. The fraction of sp³-hybridized carbons (Fsp3) is 0.125. The van der Waals surface area contributed by atoms with Crippen LogP contribution < -0.4 is 19.6 Å². The van der Waals surface area contributed by atoms with Crippen LogP contribution >= 0.6 is 0 Å². The van der Waals surface area contributed by atoms with E-state index in [1.807, 2.05) is 19.1 Å². The van der Waals surface area contributed by atoms with Crippen molar-refractivity contribution in [1.82, 2.24) is 5.43 Å². The van der Waals surface area contributed by atoms with Crippen LogP contribution in [-0.4, -0.2) is 32.3 Å². The van der Waals surface area contributed by atoms with E-state index in [0.717, 1.165) is 11.1 Å². The average Bonchev–Trinajstić information content (AvgIpc) is 2.79. The lowest BCUT2D eigenvalue weighted by Gasteiger charge is -2.09. The van der Waals surface area contributed by atoms with Crippen LogP contribution in [0.4, 0.5) is 0 Å². The number of hydrogen-bond donors (Lipinski definition) is 1. The normalized spacial score (nSPS) is 10.5. The van der Waals surface area contributed by atoms with Crippen molar-refractivity contribution in [2.45, 2.75) is 6.92 Å². The highest BCUT2D eigenvalue weighted by Crippen LogP contribution is 2.28. The fourth-order valence-electron chi connectivity index (χ4n) is 2.80. The minimum atomic E-state index is -0.520. The van der Waals surface area contributed by atoms with Crippen molar-refractivity contribution in [1.29, 1.82) is 0 Å². The first-order chi connectivity index (χ1) is 15.0. The number of hydrazone groups is 1. The maximum atomic E-state index is 12.4. The molecule has 0 aliphatic rings. The lowest BCUT2D eigenvalue weighted by molar-refractivity contribution is 0.0734. The summed E-state index contributed by atoms with van der Waals surface area (Å²) in [6.45, 7) is 1.86. The average molecular weight is 418 g/mol. The predicted molar refractivity (Wildman–Crippen MR) is 117 cm³/mol. The molecule has 0 atom stereocenters. The number of methoxy groups -OCH3 is 2. The number of carbonyl (C=O) groups excluding carboxylic acids is 2. The number of aryl methyl sites for hydroxylation is 1. The molecule has 0 aliphatic heterocycles. The van der Waals surface area contributed by atoms with E-state index in [-0.39, 0.29) is 5.91 Å². The standard InChI is InChI=1S/C24H22N2O5/c1-16-6-4-5-7-20(16)23(27)26-25-15-17-8-11-19(12-9-17)31-24(28)18-10-13-21(29-2)22(14-18)30-3/h4-15H,1-3H3,(H,26,27). The maximum absolute atomic E-state index is 12.4. The molecule has 0 radical (unpaired) electrons. The predicted octanol–water partition coefficient (Wildman–Crippen LogP) is 4.00. The molecule has 1 N–H and O–H groups in total. The van der Waals surface area contributed by atoms with Gasteiger partial charge >= 0.3 is 5.97 Å². The van der Waals surface area contributed by atoms with Crippen LogP contribution in [0.1, 0.15) is 31.8 Å². The van der Waals surface area contributed by atoms with Crippen LogP contribution in [0, 0.1) is 6.92 Å². The molecule has 31 heavy (non-hydrogen) atoms. The lowest BCUT2D eigenvalue weighted by atomic mass is 10.1. The summed E-state index contributed by atoms with van der Waals surface area (Å²) >= 11 is 0. The number of amides is 1. The third-order valence-corrected chi connectivity index (χ3v) is 4.48. The summed E-state index contributed by atoms with van der Waals surface area (Å²) in [5.74, 6) is 0.539. The van der Waals surface area contributed by atoms with Gasteiger partial charge in [-0.3, -0.25) is 4.79 Å². The summed E-state index contributed by atoms with van der Waals surface area (Å²) in [4.78, 5) is 24.5. The van der Waals surface area contributed by atoms with Gasteiger partial charge in [0.25, 0.3) is 5.91 Å². The Morgan fingerprint density at radius 3 is 2.29 bits per heavy atom. The van der Waals surface area contributed by atoms with Crippen LogP contribution in [0.5, 0.6) is 17.2 Å². The topological polar surface area (TPSA) is 86.2 Å². The Balaban J connectivity index is 1.60. The van der Waals surface area contributed by atoms with Gasteiger partial charge in [-0.25, -0.2) is 10.2 Å². The lowest BCUT2D eigenvalue weighted by Crippen LogP contribution is -2.18. The van der Waals surface area contributed by atoms with Gasteiger partial charge < -0.3 is 14.2 Å². The molecular weight excluding hydrogens is 396 g/mol. The Morgan fingerprint density at radius 2 is 1.61 bits per heavy atom. The summed E-state index contributed by atoms with van der Waals surface area (Å²) in [5.41, 5.74) is 5.01. The molecule has 0 bridgehead atoms. The van der Waals surface area contributed by atoms with Gasteiger partial charge in [-0.05, 0) is 66.6 Å². The summed E-state index contributed by atoms with van der Waals surface area (Å²) in [5, 5.41) is 3.97. The Bertz CT molecular complexity index is 1110. The van der Waals surface area contributed by atoms with Crippen LogP contribution in [0.25, 0.3) is 0 Å². The molecular formula is C24H22N2O5. The summed E-state index contributed by atoms with van der Waals surface area (Å²) < 4.78 is 15.8. The first-order valence-corrected chi connectivity index (χ1v) is 9.45. The number of hydrogen-bond acceptors (Lipinski definition) is 6. The summed E-state index contributed by atoms with van der Waals surface area (Å²) in [6, 6.07) is 18.8. The maximum Gasteiger partial charge on any atom is 0.343 e. The molecule has 0 aromatic heterocycles. The molecule has 0 saturated heterocycles. The van der Waals surface area contributed by atoms with Gasteiger partial charge in [-0.2, -0.15) is 5.10 Å². The zero-order chi connectivity index (χ0) is 22.2. The molecule has 7 nitrogen and oxygen atoms in total. The molecule has 3 aromatic rings. The quantitative estimate of drug-likeness (QED) is 0.271. The smallest absolute Gasteiger partial charge is 0.343 e. The van der Waals surface area contributed by atoms with E-state index in [9.17, 15) is 9.59 Å². The number of rotatable bonds is 7. The van der Waals surface area contributed by atoms with E-state index in [0.29, 0.717) is 28.4 Å². The van der Waals surface area contributed by atoms with Gasteiger partial charge in [-0.1, -0.05) is 18.2 Å². The van der Waals surface area contributed by atoms with Crippen molar-refractivity contribution in [3.63, 3.8) is 0 Å². The largest absolute Gasteiger partial charge is 0.493 e. The second-order valence-electron chi connectivity index (χ2n) is 6.54. The van der Waals surface area contributed by atoms with E-state index >= 15 is 0 Å². The van der Waals surface area contributed by atoms with E-state index < -0.39 is 5.97 Å².